The Morgan fingerprint density at radius 2 is 1.39 bits per heavy atom. The first kappa shape index (κ1) is 26.9. The summed E-state index contributed by atoms with van der Waals surface area (Å²) in [5.74, 6) is -0.314. The number of carboxylic acids is 1. The van der Waals surface area contributed by atoms with Crippen LogP contribution < -0.4 is 0 Å². The van der Waals surface area contributed by atoms with Crippen LogP contribution in [0, 0.1) is 5.92 Å². The van der Waals surface area contributed by atoms with Gasteiger partial charge in [-0.1, -0.05) is 78.1 Å². The van der Waals surface area contributed by atoms with Crippen molar-refractivity contribution in [2.75, 3.05) is 27.7 Å². The Labute approximate surface area is 173 Å². The van der Waals surface area contributed by atoms with E-state index >= 15 is 0 Å². The van der Waals surface area contributed by atoms with E-state index in [0.29, 0.717) is 17.4 Å². The monoisotopic (exact) mass is 400 g/mol. The second kappa shape index (κ2) is 15.8. The summed E-state index contributed by atoms with van der Waals surface area (Å²) in [6.45, 7) is 5.12. The second-order valence-electron chi connectivity index (χ2n) is 9.42. The third-order valence-electron chi connectivity index (χ3n) is 5.23. The van der Waals surface area contributed by atoms with E-state index in [1.807, 2.05) is 21.1 Å². The van der Waals surface area contributed by atoms with Crippen molar-refractivity contribution in [2.45, 2.75) is 103 Å². The fraction of sp³-hybridized carbons (Fsp3) is 0.913. The van der Waals surface area contributed by atoms with Crippen LogP contribution in [0.15, 0.2) is 0 Å². The molecule has 0 aromatic rings. The number of aliphatic carboxylic acids is 1. The highest BCUT2D eigenvalue weighted by Crippen LogP contribution is 2.15. The third-order valence-corrected chi connectivity index (χ3v) is 5.23. The van der Waals surface area contributed by atoms with Crippen LogP contribution >= 0.6 is 0 Å². The summed E-state index contributed by atoms with van der Waals surface area (Å²) in [5.41, 5.74) is 0. The van der Waals surface area contributed by atoms with Crippen LogP contribution in [0.3, 0.4) is 0 Å². The molecule has 0 aliphatic carbocycles. The summed E-state index contributed by atoms with van der Waals surface area (Å²) in [6, 6.07) is 0. The molecule has 2 atom stereocenters. The van der Waals surface area contributed by atoms with Crippen molar-refractivity contribution in [3.8, 4) is 0 Å². The van der Waals surface area contributed by atoms with Gasteiger partial charge in [-0.3, -0.25) is 9.59 Å². The maximum atomic E-state index is 12.0. The van der Waals surface area contributed by atoms with E-state index in [-0.39, 0.29) is 12.4 Å². The topological polar surface area (TPSA) is 63.6 Å². The van der Waals surface area contributed by atoms with Crippen LogP contribution in [-0.4, -0.2) is 55.3 Å². The highest BCUT2D eigenvalue weighted by Gasteiger charge is 2.24. The van der Waals surface area contributed by atoms with E-state index in [1.54, 1.807) is 0 Å². The molecule has 5 heteroatoms. The van der Waals surface area contributed by atoms with Crippen molar-refractivity contribution >= 4 is 11.9 Å². The first-order valence-electron chi connectivity index (χ1n) is 11.4. The SMILES string of the molecule is CCC(C)CCCCCCCCCCCC(=O)OC(CC(=O)O)C[N+](C)(C)C. The molecular weight excluding hydrogens is 354 g/mol. The summed E-state index contributed by atoms with van der Waals surface area (Å²) in [4.78, 5) is 23.0. The second-order valence-corrected chi connectivity index (χ2v) is 9.42. The molecule has 0 saturated heterocycles. The zero-order chi connectivity index (χ0) is 21.4. The predicted molar refractivity (Wildman–Crippen MR) is 115 cm³/mol. The van der Waals surface area contributed by atoms with Crippen molar-refractivity contribution in [1.82, 2.24) is 0 Å². The van der Waals surface area contributed by atoms with Gasteiger partial charge in [0.15, 0.2) is 6.10 Å². The van der Waals surface area contributed by atoms with E-state index in [9.17, 15) is 9.59 Å². The van der Waals surface area contributed by atoms with Crippen molar-refractivity contribution in [1.29, 1.82) is 0 Å². The largest absolute Gasteiger partial charge is 0.481 e. The average molecular weight is 401 g/mol. The Balaban J connectivity index is 3.68. The highest BCUT2D eigenvalue weighted by molar-refractivity contribution is 5.71. The number of nitrogens with zero attached hydrogens (tertiary/aromatic N) is 1. The van der Waals surface area contributed by atoms with Gasteiger partial charge in [0.2, 0.25) is 0 Å². The van der Waals surface area contributed by atoms with Crippen molar-refractivity contribution < 1.29 is 23.9 Å². The zero-order valence-electron chi connectivity index (χ0n) is 19.2. The van der Waals surface area contributed by atoms with E-state index in [2.05, 4.69) is 13.8 Å². The number of quaternary nitrogens is 1. The smallest absolute Gasteiger partial charge is 0.307 e. The minimum atomic E-state index is -0.925. The molecule has 0 radical (unpaired) electrons. The van der Waals surface area contributed by atoms with Gasteiger partial charge in [-0.15, -0.1) is 0 Å². The molecule has 0 spiro atoms. The van der Waals surface area contributed by atoms with E-state index in [0.717, 1.165) is 25.2 Å². The van der Waals surface area contributed by atoms with Gasteiger partial charge in [0.25, 0.3) is 0 Å². The lowest BCUT2D eigenvalue weighted by atomic mass is 9.99. The molecule has 0 aliphatic heterocycles. The van der Waals surface area contributed by atoms with Gasteiger partial charge < -0.3 is 14.3 Å². The summed E-state index contributed by atoms with van der Waals surface area (Å²) in [7, 11) is 5.90. The average Bonchev–Trinajstić information content (AvgIpc) is 2.57. The predicted octanol–water partition coefficient (Wildman–Crippen LogP) is 5.42. The molecule has 0 rings (SSSR count). The molecule has 5 nitrogen and oxygen atoms in total. The number of ether oxygens (including phenoxy) is 1. The Morgan fingerprint density at radius 3 is 1.86 bits per heavy atom. The maximum absolute atomic E-state index is 12.0. The number of hydrogen-bond acceptors (Lipinski definition) is 3. The molecular formula is C23H46NO4+. The number of carbonyl (C=O) groups excluding carboxylic acids is 1. The molecule has 0 aromatic heterocycles. The molecule has 0 heterocycles. The van der Waals surface area contributed by atoms with Crippen molar-refractivity contribution in [3.05, 3.63) is 0 Å². The summed E-state index contributed by atoms with van der Waals surface area (Å²) >= 11 is 0. The summed E-state index contributed by atoms with van der Waals surface area (Å²) in [6.07, 6.45) is 13.4. The van der Waals surface area contributed by atoms with Gasteiger partial charge >= 0.3 is 11.9 Å². The normalized spacial score (nSPS) is 13.9. The Morgan fingerprint density at radius 1 is 0.893 bits per heavy atom. The van der Waals surface area contributed by atoms with Crippen LogP contribution in [0.1, 0.15) is 97.3 Å². The van der Waals surface area contributed by atoms with Crippen LogP contribution in [0.25, 0.3) is 0 Å². The quantitative estimate of drug-likeness (QED) is 0.190. The van der Waals surface area contributed by atoms with E-state index in [1.165, 1.54) is 51.4 Å². The summed E-state index contributed by atoms with van der Waals surface area (Å²) in [5, 5.41) is 9.00. The standard InChI is InChI=1S/C23H45NO4/c1-6-20(2)16-14-12-10-8-7-9-11-13-15-17-23(27)28-21(18-22(25)26)19-24(3,4)5/h20-21H,6-19H2,1-5H3/p+1. The fourth-order valence-corrected chi connectivity index (χ4v) is 3.40. The number of rotatable bonds is 18. The van der Waals surface area contributed by atoms with Gasteiger partial charge in [-0.25, -0.2) is 0 Å². The first-order valence-corrected chi connectivity index (χ1v) is 11.4. The van der Waals surface area contributed by atoms with Crippen LogP contribution in [-0.2, 0) is 14.3 Å². The van der Waals surface area contributed by atoms with Gasteiger partial charge in [0, 0.05) is 6.42 Å². The minimum Gasteiger partial charge on any atom is -0.481 e. The van der Waals surface area contributed by atoms with Crippen molar-refractivity contribution in [3.63, 3.8) is 0 Å². The molecule has 28 heavy (non-hydrogen) atoms. The zero-order valence-corrected chi connectivity index (χ0v) is 19.2. The van der Waals surface area contributed by atoms with E-state index in [4.69, 9.17) is 9.84 Å². The van der Waals surface area contributed by atoms with Crippen LogP contribution in [0.2, 0.25) is 0 Å². The number of hydrogen-bond donors (Lipinski definition) is 1. The molecule has 1 N–H and O–H groups in total. The molecule has 166 valence electrons. The molecule has 0 saturated carbocycles. The Bertz CT molecular complexity index is 417. The molecule has 0 fully saturated rings. The third kappa shape index (κ3) is 18.3. The number of carboxylic acid groups (broad SMARTS) is 1. The van der Waals surface area contributed by atoms with E-state index < -0.39 is 12.1 Å². The van der Waals surface area contributed by atoms with Gasteiger partial charge in [0.05, 0.1) is 27.6 Å². The van der Waals surface area contributed by atoms with Gasteiger partial charge in [-0.2, -0.15) is 0 Å². The lowest BCUT2D eigenvalue weighted by Gasteiger charge is -2.28. The van der Waals surface area contributed by atoms with Crippen LogP contribution in [0.4, 0.5) is 0 Å². The number of carbonyl (C=O) groups is 2. The number of likely N-dealkylation sites (N-methyl/N-ethyl adjacent to an activating group) is 1. The number of unbranched alkanes of at least 4 members (excludes halogenated alkanes) is 8. The van der Waals surface area contributed by atoms with Gasteiger partial charge in [0.1, 0.15) is 6.54 Å². The molecule has 0 bridgehead atoms. The highest BCUT2D eigenvalue weighted by atomic mass is 16.5. The first-order chi connectivity index (χ1) is 13.1. The van der Waals surface area contributed by atoms with Crippen LogP contribution in [0.5, 0.6) is 0 Å². The Kier molecular flexibility index (Phi) is 15.2. The fourth-order valence-electron chi connectivity index (χ4n) is 3.40. The van der Waals surface area contributed by atoms with Crippen molar-refractivity contribution in [2.24, 2.45) is 5.92 Å². The van der Waals surface area contributed by atoms with Gasteiger partial charge in [-0.05, 0) is 12.3 Å². The molecule has 0 amide bonds. The minimum absolute atomic E-state index is 0.126. The Hall–Kier alpha value is -1.10. The number of esters is 1. The molecule has 0 aromatic carbocycles. The summed E-state index contributed by atoms with van der Waals surface area (Å²) < 4.78 is 5.98. The maximum Gasteiger partial charge on any atom is 0.307 e. The lowest BCUT2D eigenvalue weighted by molar-refractivity contribution is -0.873. The lowest BCUT2D eigenvalue weighted by Crippen LogP contribution is -2.43. The molecule has 0 aliphatic rings. The molecule has 2 unspecified atom stereocenters.